The molecule has 1 fully saturated rings. The number of benzene rings is 1. The lowest BCUT2D eigenvalue weighted by Gasteiger charge is -2.27. The van der Waals surface area contributed by atoms with Crippen molar-refractivity contribution in [1.29, 1.82) is 5.26 Å². The molecule has 1 aromatic rings. The number of nitrogens with zero attached hydrogens (tertiary/aromatic N) is 1. The third-order valence-electron chi connectivity index (χ3n) is 3.66. The van der Waals surface area contributed by atoms with E-state index < -0.39 is 0 Å². The van der Waals surface area contributed by atoms with Gasteiger partial charge in [-0.1, -0.05) is 19.9 Å². The summed E-state index contributed by atoms with van der Waals surface area (Å²) < 4.78 is 6.08. The zero-order valence-corrected chi connectivity index (χ0v) is 12.5. The van der Waals surface area contributed by atoms with Crippen molar-refractivity contribution in [2.45, 2.75) is 50.5 Å². The van der Waals surface area contributed by atoms with Gasteiger partial charge in [-0.2, -0.15) is 5.26 Å². The second-order valence-corrected chi connectivity index (χ2v) is 6.48. The lowest BCUT2D eigenvalue weighted by Crippen LogP contribution is -2.23. The second-order valence-electron chi connectivity index (χ2n) is 5.17. The van der Waals surface area contributed by atoms with Crippen molar-refractivity contribution in [3.8, 4) is 11.8 Å². The van der Waals surface area contributed by atoms with Crippen LogP contribution in [0, 0.1) is 17.2 Å². The Kier molecular flexibility index (Phi) is 5.15. The van der Waals surface area contributed by atoms with E-state index in [-0.39, 0.29) is 6.10 Å². The molecular weight excluding hydrogens is 254 g/mol. The van der Waals surface area contributed by atoms with E-state index >= 15 is 0 Å². The first-order chi connectivity index (χ1) is 9.24. The first-order valence-electron chi connectivity index (χ1n) is 7.07. The summed E-state index contributed by atoms with van der Waals surface area (Å²) in [6.45, 7) is 4.40. The first kappa shape index (κ1) is 14.3. The van der Waals surface area contributed by atoms with Crippen LogP contribution in [-0.4, -0.2) is 11.9 Å². The highest BCUT2D eigenvalue weighted by atomic mass is 32.2. The fourth-order valence-electron chi connectivity index (χ4n) is 2.52. The summed E-state index contributed by atoms with van der Waals surface area (Å²) in [5.41, 5.74) is 0.702. The predicted octanol–water partition coefficient (Wildman–Crippen LogP) is 4.63. The van der Waals surface area contributed by atoms with Crippen LogP contribution in [0.25, 0.3) is 0 Å². The number of hydrogen-bond donors (Lipinski definition) is 0. The van der Waals surface area contributed by atoms with E-state index in [4.69, 9.17) is 4.74 Å². The van der Waals surface area contributed by atoms with Gasteiger partial charge in [-0.3, -0.25) is 0 Å². The van der Waals surface area contributed by atoms with Gasteiger partial charge < -0.3 is 4.74 Å². The summed E-state index contributed by atoms with van der Waals surface area (Å²) in [5, 5.41) is 9.35. The Morgan fingerprint density at radius 1 is 1.32 bits per heavy atom. The Balaban J connectivity index is 2.11. The van der Waals surface area contributed by atoms with E-state index in [0.29, 0.717) is 5.56 Å². The maximum absolute atomic E-state index is 9.35. The molecule has 1 aliphatic rings. The lowest BCUT2D eigenvalue weighted by atomic mass is 9.89. The summed E-state index contributed by atoms with van der Waals surface area (Å²) in [5.74, 6) is 2.55. The highest BCUT2D eigenvalue weighted by molar-refractivity contribution is 7.99. The summed E-state index contributed by atoms with van der Waals surface area (Å²) >= 11 is 1.70. The molecule has 0 radical (unpaired) electrons. The Labute approximate surface area is 120 Å². The number of ether oxygens (including phenoxy) is 1. The maximum atomic E-state index is 9.35. The van der Waals surface area contributed by atoms with E-state index in [9.17, 15) is 5.26 Å². The molecule has 0 saturated heterocycles. The van der Waals surface area contributed by atoms with Crippen molar-refractivity contribution in [2.24, 2.45) is 5.92 Å². The molecule has 1 aliphatic carbocycles. The smallest absolute Gasteiger partial charge is 0.138 e. The zero-order valence-electron chi connectivity index (χ0n) is 11.7. The molecule has 0 unspecified atom stereocenters. The molecule has 0 spiro atoms. The van der Waals surface area contributed by atoms with Crippen LogP contribution in [-0.2, 0) is 0 Å². The number of thioether (sulfide) groups is 1. The average Bonchev–Trinajstić information content (AvgIpc) is 2.42. The Morgan fingerprint density at radius 3 is 2.68 bits per heavy atom. The fraction of sp³-hybridized carbons (Fsp3) is 0.562. The van der Waals surface area contributed by atoms with Gasteiger partial charge in [0.05, 0.1) is 6.10 Å². The molecule has 2 nitrogen and oxygen atoms in total. The summed E-state index contributed by atoms with van der Waals surface area (Å²) in [6, 6.07) is 8.22. The Hall–Kier alpha value is -1.14. The van der Waals surface area contributed by atoms with E-state index in [0.717, 1.165) is 35.2 Å². The quantitative estimate of drug-likeness (QED) is 0.751. The summed E-state index contributed by atoms with van der Waals surface area (Å²) in [4.78, 5) is 1.03. The van der Waals surface area contributed by atoms with Crippen molar-refractivity contribution in [2.75, 3.05) is 5.75 Å². The molecule has 2 rings (SSSR count). The summed E-state index contributed by atoms with van der Waals surface area (Å²) in [7, 11) is 0. The molecule has 1 saturated carbocycles. The van der Waals surface area contributed by atoms with Crippen LogP contribution >= 0.6 is 11.8 Å². The normalized spacial score (nSPS) is 22.8. The summed E-state index contributed by atoms with van der Waals surface area (Å²) in [6.07, 6.45) is 4.96. The van der Waals surface area contributed by atoms with Gasteiger partial charge in [-0.05, 0) is 49.5 Å². The fourth-order valence-corrected chi connectivity index (χ4v) is 3.30. The van der Waals surface area contributed by atoms with Gasteiger partial charge in [0.25, 0.3) is 0 Å². The number of rotatable bonds is 4. The molecule has 0 aliphatic heterocycles. The average molecular weight is 275 g/mol. The molecule has 19 heavy (non-hydrogen) atoms. The highest BCUT2D eigenvalue weighted by Crippen LogP contribution is 2.32. The Bertz CT molecular complexity index is 458. The zero-order chi connectivity index (χ0) is 13.7. The van der Waals surface area contributed by atoms with Crippen molar-refractivity contribution in [3.05, 3.63) is 23.8 Å². The van der Waals surface area contributed by atoms with Crippen molar-refractivity contribution in [3.63, 3.8) is 0 Å². The van der Waals surface area contributed by atoms with E-state index in [1.54, 1.807) is 11.8 Å². The van der Waals surface area contributed by atoms with Crippen LogP contribution in [0.2, 0.25) is 0 Å². The molecule has 0 bridgehead atoms. The first-order valence-corrected chi connectivity index (χ1v) is 8.05. The van der Waals surface area contributed by atoms with Gasteiger partial charge in [0.1, 0.15) is 17.4 Å². The third kappa shape index (κ3) is 3.67. The van der Waals surface area contributed by atoms with Gasteiger partial charge in [0, 0.05) is 4.90 Å². The lowest BCUT2D eigenvalue weighted by molar-refractivity contribution is 0.135. The molecule has 0 aromatic heterocycles. The third-order valence-corrected chi connectivity index (χ3v) is 4.60. The number of hydrogen-bond acceptors (Lipinski definition) is 3. The van der Waals surface area contributed by atoms with Gasteiger partial charge in [0.15, 0.2) is 0 Å². The van der Waals surface area contributed by atoms with Crippen molar-refractivity contribution >= 4 is 11.8 Å². The molecule has 3 heteroatoms. The molecule has 0 atom stereocenters. The van der Waals surface area contributed by atoms with Crippen LogP contribution in [0.15, 0.2) is 23.1 Å². The monoisotopic (exact) mass is 275 g/mol. The van der Waals surface area contributed by atoms with Crippen LogP contribution in [0.3, 0.4) is 0 Å². The van der Waals surface area contributed by atoms with Crippen LogP contribution in [0.5, 0.6) is 5.75 Å². The van der Waals surface area contributed by atoms with E-state index in [2.05, 4.69) is 19.9 Å². The largest absolute Gasteiger partial charge is 0.489 e. The van der Waals surface area contributed by atoms with Crippen molar-refractivity contribution in [1.82, 2.24) is 0 Å². The van der Waals surface area contributed by atoms with Gasteiger partial charge in [-0.25, -0.2) is 0 Å². The molecule has 0 amide bonds. The Morgan fingerprint density at radius 2 is 2.05 bits per heavy atom. The standard InChI is InChI=1S/C16H21NOS/c1-3-19-16-6-4-5-15(14(16)11-17)18-13-9-7-12(2)8-10-13/h4-6,12-13H,3,7-10H2,1-2H3. The maximum Gasteiger partial charge on any atom is 0.138 e. The van der Waals surface area contributed by atoms with Crippen LogP contribution < -0.4 is 4.74 Å². The van der Waals surface area contributed by atoms with Gasteiger partial charge in [0.2, 0.25) is 0 Å². The highest BCUT2D eigenvalue weighted by Gasteiger charge is 2.21. The molecular formula is C16H21NOS. The van der Waals surface area contributed by atoms with Crippen LogP contribution in [0.1, 0.15) is 45.1 Å². The van der Waals surface area contributed by atoms with Crippen molar-refractivity contribution < 1.29 is 4.74 Å². The minimum atomic E-state index is 0.283. The van der Waals surface area contributed by atoms with E-state index in [1.165, 1.54) is 12.8 Å². The minimum Gasteiger partial charge on any atom is -0.489 e. The molecule has 0 heterocycles. The van der Waals surface area contributed by atoms with Crippen LogP contribution in [0.4, 0.5) is 0 Å². The molecule has 0 N–H and O–H groups in total. The SMILES string of the molecule is CCSc1cccc(OC2CCC(C)CC2)c1C#N. The second kappa shape index (κ2) is 6.86. The topological polar surface area (TPSA) is 33.0 Å². The molecule has 1 aromatic carbocycles. The van der Waals surface area contributed by atoms with Gasteiger partial charge >= 0.3 is 0 Å². The van der Waals surface area contributed by atoms with Gasteiger partial charge in [-0.15, -0.1) is 11.8 Å². The predicted molar refractivity (Wildman–Crippen MR) is 79.6 cm³/mol. The minimum absolute atomic E-state index is 0.283. The van der Waals surface area contributed by atoms with E-state index in [1.807, 2.05) is 18.2 Å². The molecule has 102 valence electrons. The number of nitriles is 1.